The summed E-state index contributed by atoms with van der Waals surface area (Å²) in [5.74, 6) is 2.28. The fourth-order valence-electron chi connectivity index (χ4n) is 1.90. The lowest BCUT2D eigenvalue weighted by atomic mass is 10.1. The van der Waals surface area contributed by atoms with Gasteiger partial charge in [0.15, 0.2) is 11.6 Å². The van der Waals surface area contributed by atoms with E-state index in [4.69, 9.17) is 0 Å². The SMILES string of the molecule is CCCNc1nc(-c2ncc[nH]2)nc(C)c1CC. The molecule has 2 N–H and O–H groups in total. The van der Waals surface area contributed by atoms with Gasteiger partial charge in [-0.15, -0.1) is 0 Å². The lowest BCUT2D eigenvalue weighted by molar-refractivity contribution is 0.934. The maximum absolute atomic E-state index is 4.57. The van der Waals surface area contributed by atoms with Crippen LogP contribution in [0, 0.1) is 6.92 Å². The van der Waals surface area contributed by atoms with Crippen LogP contribution in [0.2, 0.25) is 0 Å². The third-order valence-electron chi connectivity index (χ3n) is 2.82. The Morgan fingerprint density at radius 2 is 2.11 bits per heavy atom. The molecule has 0 bridgehead atoms. The third-order valence-corrected chi connectivity index (χ3v) is 2.82. The number of hydrogen-bond donors (Lipinski definition) is 2. The highest BCUT2D eigenvalue weighted by Crippen LogP contribution is 2.20. The predicted octanol–water partition coefficient (Wildman–Crippen LogP) is 2.56. The van der Waals surface area contributed by atoms with Crippen molar-refractivity contribution >= 4 is 5.82 Å². The van der Waals surface area contributed by atoms with Gasteiger partial charge in [-0.3, -0.25) is 0 Å². The summed E-state index contributed by atoms with van der Waals surface area (Å²) < 4.78 is 0. The van der Waals surface area contributed by atoms with E-state index in [9.17, 15) is 0 Å². The molecular weight excluding hydrogens is 226 g/mol. The van der Waals surface area contributed by atoms with Gasteiger partial charge in [0, 0.05) is 30.2 Å². The molecule has 0 unspecified atom stereocenters. The van der Waals surface area contributed by atoms with Crippen LogP contribution in [0.3, 0.4) is 0 Å². The van der Waals surface area contributed by atoms with Gasteiger partial charge in [-0.25, -0.2) is 15.0 Å². The van der Waals surface area contributed by atoms with Crippen molar-refractivity contribution in [2.45, 2.75) is 33.6 Å². The second-order valence-corrected chi connectivity index (χ2v) is 4.18. The van der Waals surface area contributed by atoms with E-state index in [1.807, 2.05) is 6.92 Å². The zero-order chi connectivity index (χ0) is 13.0. The Kier molecular flexibility index (Phi) is 3.92. The van der Waals surface area contributed by atoms with Gasteiger partial charge >= 0.3 is 0 Å². The van der Waals surface area contributed by atoms with Gasteiger partial charge in [-0.05, 0) is 19.8 Å². The first kappa shape index (κ1) is 12.5. The molecule has 2 aromatic heterocycles. The summed E-state index contributed by atoms with van der Waals surface area (Å²) in [6.45, 7) is 7.20. The third kappa shape index (κ3) is 2.50. The number of nitrogens with zero attached hydrogens (tertiary/aromatic N) is 3. The molecule has 96 valence electrons. The van der Waals surface area contributed by atoms with E-state index in [0.29, 0.717) is 11.6 Å². The van der Waals surface area contributed by atoms with Gasteiger partial charge in [0.05, 0.1) is 0 Å². The number of hydrogen-bond acceptors (Lipinski definition) is 4. The van der Waals surface area contributed by atoms with Crippen molar-refractivity contribution in [2.75, 3.05) is 11.9 Å². The average Bonchev–Trinajstić information content (AvgIpc) is 2.89. The Hall–Kier alpha value is -1.91. The fraction of sp³-hybridized carbons (Fsp3) is 0.462. The van der Waals surface area contributed by atoms with Crippen molar-refractivity contribution in [1.82, 2.24) is 19.9 Å². The van der Waals surface area contributed by atoms with E-state index >= 15 is 0 Å². The largest absolute Gasteiger partial charge is 0.370 e. The first-order chi connectivity index (χ1) is 8.76. The van der Waals surface area contributed by atoms with Crippen LogP contribution in [0.5, 0.6) is 0 Å². The molecule has 0 atom stereocenters. The number of aryl methyl sites for hydroxylation is 1. The summed E-state index contributed by atoms with van der Waals surface area (Å²) in [5, 5.41) is 3.36. The molecule has 0 amide bonds. The average molecular weight is 245 g/mol. The van der Waals surface area contributed by atoms with Crippen molar-refractivity contribution in [3.05, 3.63) is 23.7 Å². The number of aromatic amines is 1. The minimum atomic E-state index is 0.647. The Morgan fingerprint density at radius 1 is 1.28 bits per heavy atom. The van der Waals surface area contributed by atoms with E-state index in [0.717, 1.165) is 30.9 Å². The van der Waals surface area contributed by atoms with Crippen molar-refractivity contribution in [1.29, 1.82) is 0 Å². The Labute approximate surface area is 107 Å². The second kappa shape index (κ2) is 5.62. The smallest absolute Gasteiger partial charge is 0.197 e. The van der Waals surface area contributed by atoms with Gasteiger partial charge in [0.1, 0.15) is 5.82 Å². The first-order valence-electron chi connectivity index (χ1n) is 6.37. The minimum Gasteiger partial charge on any atom is -0.370 e. The number of aromatic nitrogens is 4. The summed E-state index contributed by atoms with van der Waals surface area (Å²) in [6, 6.07) is 0. The fourth-order valence-corrected chi connectivity index (χ4v) is 1.90. The van der Waals surface area contributed by atoms with Crippen LogP contribution in [-0.4, -0.2) is 26.5 Å². The Bertz CT molecular complexity index is 504. The quantitative estimate of drug-likeness (QED) is 0.849. The van der Waals surface area contributed by atoms with Crippen LogP contribution < -0.4 is 5.32 Å². The molecule has 2 rings (SSSR count). The van der Waals surface area contributed by atoms with Crippen molar-refractivity contribution < 1.29 is 0 Å². The van der Waals surface area contributed by atoms with Crippen molar-refractivity contribution in [3.63, 3.8) is 0 Å². The summed E-state index contributed by atoms with van der Waals surface area (Å²) in [7, 11) is 0. The number of imidazole rings is 1. The van der Waals surface area contributed by atoms with Crippen molar-refractivity contribution in [2.24, 2.45) is 0 Å². The van der Waals surface area contributed by atoms with Crippen molar-refractivity contribution in [3.8, 4) is 11.6 Å². The minimum absolute atomic E-state index is 0.647. The Morgan fingerprint density at radius 3 is 2.72 bits per heavy atom. The monoisotopic (exact) mass is 245 g/mol. The van der Waals surface area contributed by atoms with Gasteiger partial charge in [-0.1, -0.05) is 13.8 Å². The molecule has 0 saturated heterocycles. The Balaban J connectivity index is 2.42. The van der Waals surface area contributed by atoms with Gasteiger partial charge in [0.2, 0.25) is 0 Å². The van der Waals surface area contributed by atoms with Crippen LogP contribution >= 0.6 is 0 Å². The summed E-state index contributed by atoms with van der Waals surface area (Å²) in [5.41, 5.74) is 2.19. The standard InChI is InChI=1S/C13H19N5/c1-4-6-14-11-10(5-2)9(3)17-13(18-11)12-15-7-8-16-12/h7-8H,4-6H2,1-3H3,(H,15,16)(H,14,17,18). The van der Waals surface area contributed by atoms with E-state index in [1.54, 1.807) is 12.4 Å². The topological polar surface area (TPSA) is 66.5 Å². The molecule has 2 heterocycles. The molecule has 5 heteroatoms. The maximum atomic E-state index is 4.57. The molecule has 0 aliphatic carbocycles. The van der Waals surface area contributed by atoms with Crippen LogP contribution in [-0.2, 0) is 6.42 Å². The zero-order valence-corrected chi connectivity index (χ0v) is 11.1. The summed E-state index contributed by atoms with van der Waals surface area (Å²) >= 11 is 0. The summed E-state index contributed by atoms with van der Waals surface area (Å²) in [4.78, 5) is 16.3. The molecule has 0 saturated carbocycles. The van der Waals surface area contributed by atoms with E-state index < -0.39 is 0 Å². The summed E-state index contributed by atoms with van der Waals surface area (Å²) in [6.07, 6.45) is 5.49. The maximum Gasteiger partial charge on any atom is 0.197 e. The molecular formula is C13H19N5. The second-order valence-electron chi connectivity index (χ2n) is 4.18. The molecule has 2 aromatic rings. The van der Waals surface area contributed by atoms with E-state index in [2.05, 4.69) is 39.1 Å². The predicted molar refractivity (Wildman–Crippen MR) is 72.5 cm³/mol. The molecule has 0 aliphatic heterocycles. The number of H-pyrrole nitrogens is 1. The highest BCUT2D eigenvalue weighted by molar-refractivity contribution is 5.54. The van der Waals surface area contributed by atoms with Gasteiger partial charge < -0.3 is 10.3 Å². The molecule has 0 aliphatic rings. The lowest BCUT2D eigenvalue weighted by Crippen LogP contribution is -2.09. The molecule has 0 fully saturated rings. The van der Waals surface area contributed by atoms with Crippen LogP contribution in [0.1, 0.15) is 31.5 Å². The zero-order valence-electron chi connectivity index (χ0n) is 11.1. The molecule has 0 spiro atoms. The molecule has 18 heavy (non-hydrogen) atoms. The van der Waals surface area contributed by atoms with E-state index in [1.165, 1.54) is 5.56 Å². The number of rotatable bonds is 5. The van der Waals surface area contributed by atoms with Gasteiger partial charge in [0.25, 0.3) is 0 Å². The number of nitrogens with one attached hydrogen (secondary N) is 2. The van der Waals surface area contributed by atoms with Gasteiger partial charge in [-0.2, -0.15) is 0 Å². The van der Waals surface area contributed by atoms with Crippen LogP contribution in [0.15, 0.2) is 12.4 Å². The lowest BCUT2D eigenvalue weighted by Gasteiger charge is -2.12. The molecule has 0 radical (unpaired) electrons. The normalized spacial score (nSPS) is 10.6. The van der Waals surface area contributed by atoms with Crippen LogP contribution in [0.25, 0.3) is 11.6 Å². The number of anilines is 1. The first-order valence-corrected chi connectivity index (χ1v) is 6.37. The van der Waals surface area contributed by atoms with Crippen LogP contribution in [0.4, 0.5) is 5.82 Å². The van der Waals surface area contributed by atoms with E-state index in [-0.39, 0.29) is 0 Å². The highest BCUT2D eigenvalue weighted by Gasteiger charge is 2.12. The molecule has 5 nitrogen and oxygen atoms in total. The molecule has 0 aromatic carbocycles. The highest BCUT2D eigenvalue weighted by atomic mass is 15.1.